The third-order valence-electron chi connectivity index (χ3n) is 2.43. The van der Waals surface area contributed by atoms with Gasteiger partial charge in [0.05, 0.1) is 5.39 Å². The van der Waals surface area contributed by atoms with Crippen molar-refractivity contribution < 1.29 is 4.39 Å². The molecule has 2 heterocycles. The van der Waals surface area contributed by atoms with E-state index in [4.69, 9.17) is 0 Å². The third-order valence-corrected chi connectivity index (χ3v) is 2.43. The smallest absolute Gasteiger partial charge is 0.140 e. The van der Waals surface area contributed by atoms with Gasteiger partial charge in [-0.1, -0.05) is 0 Å². The minimum absolute atomic E-state index is 0.199. The van der Waals surface area contributed by atoms with Crippen LogP contribution in [0.3, 0.4) is 0 Å². The van der Waals surface area contributed by atoms with Crippen LogP contribution in [0.4, 0.5) is 4.39 Å². The topological polar surface area (TPSA) is 31.9 Å². The van der Waals surface area contributed by atoms with Crippen LogP contribution in [-0.4, -0.2) is 35.5 Å². The largest absolute Gasteiger partial charge is 0.346 e. The molecule has 2 aromatic heterocycles. The first-order valence-electron chi connectivity index (χ1n) is 4.93. The first kappa shape index (κ1) is 10.1. The molecular formula is C11H14FN3. The number of nitrogens with one attached hydrogen (secondary N) is 1. The first-order valence-corrected chi connectivity index (χ1v) is 4.93. The van der Waals surface area contributed by atoms with Gasteiger partial charge < -0.3 is 9.88 Å². The highest BCUT2D eigenvalue weighted by atomic mass is 19.1. The summed E-state index contributed by atoms with van der Waals surface area (Å²) in [6.07, 6.45) is 4.14. The van der Waals surface area contributed by atoms with Crippen molar-refractivity contribution in [1.29, 1.82) is 0 Å². The van der Waals surface area contributed by atoms with Gasteiger partial charge in [-0.05, 0) is 32.1 Å². The third kappa shape index (κ3) is 1.99. The number of fused-ring (bicyclic) bond motifs is 1. The van der Waals surface area contributed by atoms with E-state index in [2.05, 4.69) is 14.9 Å². The van der Waals surface area contributed by atoms with Crippen molar-refractivity contribution in [3.05, 3.63) is 29.8 Å². The standard InChI is InChI=1S/C11H14FN3/c1-15(2)6-4-8-7-14-11-10(8)9(12)3-5-13-11/h3,5,7H,4,6H2,1-2H3,(H,13,14). The first-order chi connectivity index (χ1) is 7.18. The van der Waals surface area contributed by atoms with Gasteiger partial charge in [0, 0.05) is 18.9 Å². The second kappa shape index (κ2) is 3.98. The monoisotopic (exact) mass is 207 g/mol. The Morgan fingerprint density at radius 3 is 3.00 bits per heavy atom. The summed E-state index contributed by atoms with van der Waals surface area (Å²) in [5.41, 5.74) is 1.62. The number of aromatic nitrogens is 2. The van der Waals surface area contributed by atoms with E-state index >= 15 is 0 Å². The summed E-state index contributed by atoms with van der Waals surface area (Å²) in [4.78, 5) is 9.14. The second-order valence-corrected chi connectivity index (χ2v) is 3.88. The van der Waals surface area contributed by atoms with Crippen LogP contribution in [0, 0.1) is 5.82 Å². The predicted molar refractivity (Wildman–Crippen MR) is 58.3 cm³/mol. The van der Waals surface area contributed by atoms with Gasteiger partial charge in [-0.3, -0.25) is 0 Å². The lowest BCUT2D eigenvalue weighted by Gasteiger charge is -2.08. The molecular weight excluding hydrogens is 193 g/mol. The molecule has 0 spiro atoms. The highest BCUT2D eigenvalue weighted by Gasteiger charge is 2.09. The molecule has 80 valence electrons. The molecule has 0 radical (unpaired) electrons. The molecule has 0 aliphatic rings. The number of halogens is 1. The van der Waals surface area contributed by atoms with Crippen molar-refractivity contribution in [2.45, 2.75) is 6.42 Å². The number of hydrogen-bond acceptors (Lipinski definition) is 2. The van der Waals surface area contributed by atoms with Gasteiger partial charge in [0.1, 0.15) is 11.5 Å². The van der Waals surface area contributed by atoms with Crippen LogP contribution in [0.2, 0.25) is 0 Å². The molecule has 15 heavy (non-hydrogen) atoms. The number of rotatable bonds is 3. The van der Waals surface area contributed by atoms with Crippen molar-refractivity contribution >= 4 is 11.0 Å². The number of likely N-dealkylation sites (N-methyl/N-ethyl adjacent to an activating group) is 1. The molecule has 2 rings (SSSR count). The zero-order chi connectivity index (χ0) is 10.8. The Kier molecular flexibility index (Phi) is 2.68. The fraction of sp³-hybridized carbons (Fsp3) is 0.364. The SMILES string of the molecule is CN(C)CCc1c[nH]c2nccc(F)c12. The normalized spacial score (nSPS) is 11.5. The van der Waals surface area contributed by atoms with Gasteiger partial charge in [0.2, 0.25) is 0 Å². The fourth-order valence-corrected chi connectivity index (χ4v) is 1.62. The van der Waals surface area contributed by atoms with Crippen LogP contribution in [0.15, 0.2) is 18.5 Å². The van der Waals surface area contributed by atoms with E-state index < -0.39 is 0 Å². The van der Waals surface area contributed by atoms with Gasteiger partial charge in [-0.25, -0.2) is 9.37 Å². The fourth-order valence-electron chi connectivity index (χ4n) is 1.62. The highest BCUT2D eigenvalue weighted by Crippen LogP contribution is 2.19. The van der Waals surface area contributed by atoms with E-state index in [1.165, 1.54) is 12.3 Å². The van der Waals surface area contributed by atoms with E-state index in [1.54, 1.807) is 0 Å². The van der Waals surface area contributed by atoms with Gasteiger partial charge in [0.15, 0.2) is 0 Å². The molecule has 0 aromatic carbocycles. The van der Waals surface area contributed by atoms with Crippen LogP contribution >= 0.6 is 0 Å². The Morgan fingerprint density at radius 1 is 1.47 bits per heavy atom. The Bertz CT molecular complexity index is 462. The maximum absolute atomic E-state index is 13.5. The molecule has 3 nitrogen and oxygen atoms in total. The summed E-state index contributed by atoms with van der Waals surface area (Å²) in [6.45, 7) is 0.904. The zero-order valence-corrected chi connectivity index (χ0v) is 8.92. The lowest BCUT2D eigenvalue weighted by Crippen LogP contribution is -2.14. The van der Waals surface area contributed by atoms with Crippen molar-refractivity contribution in [1.82, 2.24) is 14.9 Å². The molecule has 0 atom stereocenters. The summed E-state index contributed by atoms with van der Waals surface area (Å²) in [6, 6.07) is 1.40. The number of hydrogen-bond donors (Lipinski definition) is 1. The lowest BCUT2D eigenvalue weighted by molar-refractivity contribution is 0.414. The van der Waals surface area contributed by atoms with Crippen LogP contribution in [-0.2, 0) is 6.42 Å². The summed E-state index contributed by atoms with van der Waals surface area (Å²) in [7, 11) is 4.01. The Balaban J connectivity index is 2.35. The molecule has 0 unspecified atom stereocenters. The summed E-state index contributed by atoms with van der Waals surface area (Å²) in [5, 5.41) is 0.624. The Morgan fingerprint density at radius 2 is 2.27 bits per heavy atom. The molecule has 1 N–H and O–H groups in total. The minimum atomic E-state index is -0.199. The number of pyridine rings is 1. The molecule has 0 fully saturated rings. The van der Waals surface area contributed by atoms with Gasteiger partial charge in [-0.2, -0.15) is 0 Å². The summed E-state index contributed by atoms with van der Waals surface area (Å²) >= 11 is 0. The van der Waals surface area contributed by atoms with E-state index in [9.17, 15) is 4.39 Å². The average Bonchev–Trinajstić information content (AvgIpc) is 2.59. The zero-order valence-electron chi connectivity index (χ0n) is 8.92. The number of H-pyrrole nitrogens is 1. The van der Waals surface area contributed by atoms with Crippen LogP contribution < -0.4 is 0 Å². The van der Waals surface area contributed by atoms with E-state index in [0.29, 0.717) is 11.0 Å². The molecule has 0 saturated carbocycles. The van der Waals surface area contributed by atoms with Crippen LogP contribution in [0.25, 0.3) is 11.0 Å². The molecule has 0 bridgehead atoms. The average molecular weight is 207 g/mol. The highest BCUT2D eigenvalue weighted by molar-refractivity contribution is 5.80. The summed E-state index contributed by atoms with van der Waals surface area (Å²) < 4.78 is 13.5. The van der Waals surface area contributed by atoms with E-state index in [0.717, 1.165) is 18.5 Å². The number of aromatic amines is 1. The van der Waals surface area contributed by atoms with Crippen LogP contribution in [0.5, 0.6) is 0 Å². The Hall–Kier alpha value is -1.42. The van der Waals surface area contributed by atoms with Gasteiger partial charge >= 0.3 is 0 Å². The molecule has 4 heteroatoms. The molecule has 0 aliphatic heterocycles. The minimum Gasteiger partial charge on any atom is -0.346 e. The quantitative estimate of drug-likeness (QED) is 0.832. The molecule has 0 aliphatic carbocycles. The number of nitrogens with zero attached hydrogens (tertiary/aromatic N) is 2. The van der Waals surface area contributed by atoms with Crippen molar-refractivity contribution in [2.75, 3.05) is 20.6 Å². The summed E-state index contributed by atoms with van der Waals surface area (Å²) in [5.74, 6) is -0.199. The Labute approximate surface area is 87.9 Å². The van der Waals surface area contributed by atoms with Crippen LogP contribution in [0.1, 0.15) is 5.56 Å². The van der Waals surface area contributed by atoms with Gasteiger partial charge in [-0.15, -0.1) is 0 Å². The van der Waals surface area contributed by atoms with Gasteiger partial charge in [0.25, 0.3) is 0 Å². The molecule has 2 aromatic rings. The van der Waals surface area contributed by atoms with E-state index in [-0.39, 0.29) is 5.82 Å². The molecule has 0 amide bonds. The maximum Gasteiger partial charge on any atom is 0.140 e. The van der Waals surface area contributed by atoms with Crippen molar-refractivity contribution in [3.8, 4) is 0 Å². The van der Waals surface area contributed by atoms with E-state index in [1.807, 2.05) is 20.3 Å². The lowest BCUT2D eigenvalue weighted by atomic mass is 10.1. The molecule has 0 saturated heterocycles. The second-order valence-electron chi connectivity index (χ2n) is 3.88. The van der Waals surface area contributed by atoms with Crippen molar-refractivity contribution in [3.63, 3.8) is 0 Å². The maximum atomic E-state index is 13.5. The van der Waals surface area contributed by atoms with Crippen molar-refractivity contribution in [2.24, 2.45) is 0 Å². The predicted octanol–water partition coefficient (Wildman–Crippen LogP) is 1.81.